The first-order valence-corrected chi connectivity index (χ1v) is 20.3. The quantitative estimate of drug-likeness (QED) is 0.116. The molecule has 10 nitrogen and oxygen atoms in total. The number of rotatable bonds is 14. The van der Waals surface area contributed by atoms with Crippen LogP contribution in [-0.4, -0.2) is 63.6 Å². The molecular weight excluding hydrogens is 715 g/mol. The lowest BCUT2D eigenvalue weighted by Gasteiger charge is -2.28. The molecule has 0 aliphatic carbocycles. The molecule has 0 radical (unpaired) electrons. The highest BCUT2D eigenvalue weighted by atomic mass is 16.4. The monoisotopic (exact) mass is 765 g/mol. The largest absolute Gasteiger partial charge is 0.436 e. The maximum Gasteiger partial charge on any atom is 0.230 e. The number of carbonyl (C=O) groups is 4. The minimum atomic E-state index is -0.205. The first-order chi connectivity index (χ1) is 27.8. The van der Waals surface area contributed by atoms with E-state index in [2.05, 4.69) is 15.6 Å². The number of benzene rings is 4. The van der Waals surface area contributed by atoms with Crippen LogP contribution in [-0.2, 0) is 19.2 Å². The van der Waals surface area contributed by atoms with E-state index in [1.807, 2.05) is 133 Å². The Morgan fingerprint density at radius 1 is 0.632 bits per heavy atom. The van der Waals surface area contributed by atoms with E-state index in [0.717, 1.165) is 47.9 Å². The van der Waals surface area contributed by atoms with Crippen LogP contribution in [0.2, 0.25) is 0 Å². The summed E-state index contributed by atoms with van der Waals surface area (Å²) in [6.07, 6.45) is 7.00. The Kier molecular flexibility index (Phi) is 12.6. The summed E-state index contributed by atoms with van der Waals surface area (Å²) < 4.78 is 6.10. The van der Waals surface area contributed by atoms with E-state index in [1.165, 1.54) is 0 Å². The van der Waals surface area contributed by atoms with Crippen LogP contribution in [0, 0.1) is 0 Å². The zero-order chi connectivity index (χ0) is 39.7. The predicted molar refractivity (Wildman–Crippen MR) is 222 cm³/mol. The molecule has 0 saturated carbocycles. The van der Waals surface area contributed by atoms with Crippen molar-refractivity contribution in [1.29, 1.82) is 0 Å². The highest BCUT2D eigenvalue weighted by molar-refractivity contribution is 5.93. The van der Waals surface area contributed by atoms with Crippen LogP contribution < -0.4 is 10.6 Å². The summed E-state index contributed by atoms with van der Waals surface area (Å²) in [4.78, 5) is 61.6. The Balaban J connectivity index is 0.900. The summed E-state index contributed by atoms with van der Waals surface area (Å²) in [6.45, 7) is 5.41. The average Bonchev–Trinajstić information content (AvgIpc) is 4.02. The Morgan fingerprint density at radius 3 is 1.51 bits per heavy atom. The van der Waals surface area contributed by atoms with Gasteiger partial charge < -0.3 is 24.9 Å². The molecule has 294 valence electrons. The second-order valence-electron chi connectivity index (χ2n) is 15.1. The molecule has 4 atom stereocenters. The van der Waals surface area contributed by atoms with E-state index in [-0.39, 0.29) is 60.4 Å². The van der Waals surface area contributed by atoms with Crippen molar-refractivity contribution >= 4 is 35.0 Å². The number of hydrogen-bond acceptors (Lipinski definition) is 6. The minimum Gasteiger partial charge on any atom is -0.436 e. The van der Waals surface area contributed by atoms with E-state index in [0.29, 0.717) is 49.0 Å². The molecule has 3 heterocycles. The number of oxazole rings is 1. The van der Waals surface area contributed by atoms with E-state index >= 15 is 0 Å². The van der Waals surface area contributed by atoms with Gasteiger partial charge in [0.15, 0.2) is 5.76 Å². The molecule has 0 bridgehead atoms. The molecule has 5 aromatic rings. The van der Waals surface area contributed by atoms with Gasteiger partial charge in [-0.3, -0.25) is 19.2 Å². The number of anilines is 2. The zero-order valence-corrected chi connectivity index (χ0v) is 32.7. The summed E-state index contributed by atoms with van der Waals surface area (Å²) in [5, 5.41) is 6.00. The molecule has 2 saturated heterocycles. The van der Waals surface area contributed by atoms with Gasteiger partial charge in [0, 0.05) is 60.5 Å². The molecule has 0 unspecified atom stereocenters. The van der Waals surface area contributed by atoms with Crippen LogP contribution in [0.5, 0.6) is 0 Å². The second kappa shape index (κ2) is 18.3. The van der Waals surface area contributed by atoms with E-state index in [9.17, 15) is 19.2 Å². The lowest BCUT2D eigenvalue weighted by Crippen LogP contribution is -2.40. The fraction of sp³-hybridized carbons (Fsp3) is 0.340. The number of nitrogens with one attached hydrogen (secondary N) is 2. The van der Waals surface area contributed by atoms with Crippen LogP contribution in [0.4, 0.5) is 11.4 Å². The molecule has 0 spiro atoms. The molecular formula is C47H51N5O5. The standard InChI is InChI=1S/C47H51N5O5/c1-3-40(32-13-7-5-8-14-32)46(55)51-27-11-17-38(51)29-43(53)49-36-23-19-34(20-24-36)42-31-48-45(57-42)35-21-25-37(26-22-35)50-44(54)30-39-18-12-28-52(39)47(56)41(4-2)33-15-9-6-10-16-33/h5-10,13-16,19-26,31,38-41H,3-4,11-12,17-18,27-30H2,1-2H3,(H,49,53)(H,50,54)/t38-,39-,40+,41+/m0/s1. The fourth-order valence-electron chi connectivity index (χ4n) is 8.36. The van der Waals surface area contributed by atoms with Gasteiger partial charge in [-0.05, 0) is 98.2 Å². The Hall–Kier alpha value is -6.03. The van der Waals surface area contributed by atoms with E-state index < -0.39 is 0 Å². The van der Waals surface area contributed by atoms with Gasteiger partial charge in [-0.2, -0.15) is 0 Å². The van der Waals surface area contributed by atoms with Crippen molar-refractivity contribution in [2.75, 3.05) is 23.7 Å². The second-order valence-corrected chi connectivity index (χ2v) is 15.1. The molecule has 57 heavy (non-hydrogen) atoms. The van der Waals surface area contributed by atoms with Crippen LogP contribution in [0.25, 0.3) is 22.8 Å². The average molecular weight is 766 g/mol. The minimum absolute atomic E-state index is 0.0951. The van der Waals surface area contributed by atoms with E-state index in [4.69, 9.17) is 4.42 Å². The van der Waals surface area contributed by atoms with Gasteiger partial charge >= 0.3 is 0 Å². The Morgan fingerprint density at radius 2 is 1.07 bits per heavy atom. The van der Waals surface area contributed by atoms with Crippen molar-refractivity contribution in [3.05, 3.63) is 127 Å². The first kappa shape index (κ1) is 39.2. The van der Waals surface area contributed by atoms with Crippen molar-refractivity contribution in [1.82, 2.24) is 14.8 Å². The summed E-state index contributed by atoms with van der Waals surface area (Å²) in [5.74, 6) is 0.554. The van der Waals surface area contributed by atoms with E-state index in [1.54, 1.807) is 6.20 Å². The number of likely N-dealkylation sites (tertiary alicyclic amines) is 2. The molecule has 2 N–H and O–H groups in total. The first-order valence-electron chi connectivity index (χ1n) is 20.3. The molecule has 7 rings (SSSR count). The van der Waals surface area contributed by atoms with Crippen molar-refractivity contribution in [3.8, 4) is 22.8 Å². The van der Waals surface area contributed by atoms with Crippen LogP contribution in [0.1, 0.15) is 88.2 Å². The van der Waals surface area contributed by atoms with Gasteiger partial charge in [0.2, 0.25) is 29.5 Å². The molecule has 1 aromatic heterocycles. The SMILES string of the molecule is CC[C@@H](C(=O)N1CCC[C@H]1CC(=O)Nc1ccc(-c2cnc(-c3ccc(NC(=O)C[C@@H]4CCCN4C(=O)[C@H](CC)c4ccccc4)cc3)o2)cc1)c1ccccc1. The van der Waals surface area contributed by atoms with Crippen molar-refractivity contribution in [2.24, 2.45) is 0 Å². The topological polar surface area (TPSA) is 125 Å². The molecule has 4 aromatic carbocycles. The van der Waals surface area contributed by atoms with Crippen molar-refractivity contribution < 1.29 is 23.6 Å². The van der Waals surface area contributed by atoms with Crippen molar-refractivity contribution in [2.45, 2.75) is 89.1 Å². The third kappa shape index (κ3) is 9.34. The van der Waals surface area contributed by atoms with Gasteiger partial charge in [0.25, 0.3) is 0 Å². The number of carbonyl (C=O) groups excluding carboxylic acids is 4. The molecule has 2 fully saturated rings. The van der Waals surface area contributed by atoms with Crippen LogP contribution in [0.3, 0.4) is 0 Å². The van der Waals surface area contributed by atoms with Crippen molar-refractivity contribution in [3.63, 3.8) is 0 Å². The number of hydrogen-bond donors (Lipinski definition) is 2. The van der Waals surface area contributed by atoms with Crippen LogP contribution >= 0.6 is 0 Å². The normalized spacial score (nSPS) is 17.6. The Bertz CT molecular complexity index is 1980. The highest BCUT2D eigenvalue weighted by Gasteiger charge is 2.35. The molecule has 2 aliphatic heterocycles. The van der Waals surface area contributed by atoms with Gasteiger partial charge in [0.1, 0.15) is 0 Å². The maximum absolute atomic E-state index is 13.5. The third-order valence-corrected chi connectivity index (χ3v) is 11.4. The lowest BCUT2D eigenvalue weighted by molar-refractivity contribution is -0.135. The molecule has 10 heteroatoms. The van der Waals surface area contributed by atoms with Gasteiger partial charge in [-0.25, -0.2) is 4.98 Å². The smallest absolute Gasteiger partial charge is 0.230 e. The summed E-state index contributed by atoms with van der Waals surface area (Å²) in [5.41, 5.74) is 4.92. The van der Waals surface area contributed by atoms with Crippen LogP contribution in [0.15, 0.2) is 120 Å². The summed E-state index contributed by atoms with van der Waals surface area (Å²) >= 11 is 0. The summed E-state index contributed by atoms with van der Waals surface area (Å²) in [7, 11) is 0. The summed E-state index contributed by atoms with van der Waals surface area (Å²) in [6, 6.07) is 34.3. The maximum atomic E-state index is 13.5. The number of aromatic nitrogens is 1. The van der Waals surface area contributed by atoms with Gasteiger partial charge in [0.05, 0.1) is 18.0 Å². The highest BCUT2D eigenvalue weighted by Crippen LogP contribution is 2.32. The molecule has 2 aliphatic rings. The van der Waals surface area contributed by atoms with Gasteiger partial charge in [-0.15, -0.1) is 0 Å². The zero-order valence-electron chi connectivity index (χ0n) is 32.7. The third-order valence-electron chi connectivity index (χ3n) is 11.4. The Labute approximate surface area is 334 Å². The predicted octanol–water partition coefficient (Wildman–Crippen LogP) is 9.04. The lowest BCUT2D eigenvalue weighted by atomic mass is 9.94. The molecule has 4 amide bonds. The number of amides is 4. The fourth-order valence-corrected chi connectivity index (χ4v) is 8.36. The number of nitrogens with zero attached hydrogens (tertiary/aromatic N) is 3. The van der Waals surface area contributed by atoms with Gasteiger partial charge in [-0.1, -0.05) is 74.5 Å².